The number of nitrogens with two attached hydrogens (primary N) is 1. The summed E-state index contributed by atoms with van der Waals surface area (Å²) in [4.78, 5) is 12.9. The van der Waals surface area contributed by atoms with E-state index < -0.39 is 6.10 Å². The Bertz CT molecular complexity index is 733. The van der Waals surface area contributed by atoms with Crippen molar-refractivity contribution in [3.8, 4) is 0 Å². The number of hydrogen-bond acceptors (Lipinski definition) is 3. The maximum atomic E-state index is 12.9. The normalized spacial score (nSPS) is 44.3. The van der Waals surface area contributed by atoms with Crippen molar-refractivity contribution in [1.82, 2.24) is 5.43 Å². The molecule has 3 saturated carbocycles. The summed E-state index contributed by atoms with van der Waals surface area (Å²) in [5.74, 6) is 9.73. The molecule has 1 amide bonds. The summed E-state index contributed by atoms with van der Waals surface area (Å²) in [6.07, 6.45) is 13.7. The largest absolute Gasteiger partial charge is 0.393 e. The second kappa shape index (κ2) is 9.06. The molecule has 3 fully saturated rings. The first-order chi connectivity index (χ1) is 15.1. The van der Waals surface area contributed by atoms with Gasteiger partial charge in [0.2, 0.25) is 5.91 Å². The summed E-state index contributed by atoms with van der Waals surface area (Å²) in [5, 5.41) is 10.5. The van der Waals surface area contributed by atoms with Crippen LogP contribution in [0.5, 0.6) is 0 Å². The van der Waals surface area contributed by atoms with E-state index in [4.69, 9.17) is 5.84 Å². The fraction of sp³-hybridized carbons (Fsp3) is 0.893. The SMILES string of the molecule is CC(C)CCC[C@@H](C)[C@H]1CC[C@H]2[C@@H]3CC=C4C[C@@H](O)CC(C(=O)NN)[C@]4(C)[C@H]3CC[C@]12C. The molecule has 4 heteroatoms. The van der Waals surface area contributed by atoms with Gasteiger partial charge in [-0.3, -0.25) is 10.2 Å². The molecular formula is C28H48N2O2. The molecule has 0 aromatic rings. The molecule has 0 aromatic heterocycles. The average molecular weight is 445 g/mol. The molecule has 0 bridgehead atoms. The summed E-state index contributed by atoms with van der Waals surface area (Å²) in [5.41, 5.74) is 4.05. The molecule has 0 spiro atoms. The van der Waals surface area contributed by atoms with E-state index in [2.05, 4.69) is 46.1 Å². The topological polar surface area (TPSA) is 75.3 Å². The molecule has 32 heavy (non-hydrogen) atoms. The molecule has 4 nitrogen and oxygen atoms in total. The molecule has 0 radical (unpaired) electrons. The van der Waals surface area contributed by atoms with E-state index in [0.29, 0.717) is 23.7 Å². The average Bonchev–Trinajstić information content (AvgIpc) is 3.10. The van der Waals surface area contributed by atoms with Gasteiger partial charge in [0.1, 0.15) is 0 Å². The van der Waals surface area contributed by atoms with Gasteiger partial charge in [0.25, 0.3) is 0 Å². The van der Waals surface area contributed by atoms with Gasteiger partial charge in [0.05, 0.1) is 12.0 Å². The zero-order valence-electron chi connectivity index (χ0n) is 21.2. The smallest absolute Gasteiger partial charge is 0.237 e. The Morgan fingerprint density at radius 3 is 2.62 bits per heavy atom. The number of hydrogen-bond donors (Lipinski definition) is 3. The van der Waals surface area contributed by atoms with E-state index in [0.717, 1.165) is 36.5 Å². The van der Waals surface area contributed by atoms with Crippen LogP contribution in [0.3, 0.4) is 0 Å². The van der Waals surface area contributed by atoms with Crippen molar-refractivity contribution >= 4 is 5.91 Å². The van der Waals surface area contributed by atoms with Crippen LogP contribution < -0.4 is 11.3 Å². The number of amides is 1. The zero-order chi connectivity index (χ0) is 23.3. The monoisotopic (exact) mass is 444 g/mol. The van der Waals surface area contributed by atoms with E-state index in [-0.39, 0.29) is 17.2 Å². The van der Waals surface area contributed by atoms with Crippen molar-refractivity contribution in [3.05, 3.63) is 11.6 Å². The van der Waals surface area contributed by atoms with Gasteiger partial charge in [-0.05, 0) is 85.9 Å². The fourth-order valence-electron chi connectivity index (χ4n) is 9.24. The summed E-state index contributed by atoms with van der Waals surface area (Å²) < 4.78 is 0. The number of carbonyl (C=O) groups is 1. The third-order valence-corrected chi connectivity index (χ3v) is 10.9. The van der Waals surface area contributed by atoms with Crippen molar-refractivity contribution in [3.63, 3.8) is 0 Å². The Hall–Kier alpha value is -0.870. The maximum Gasteiger partial charge on any atom is 0.237 e. The third-order valence-electron chi connectivity index (χ3n) is 10.9. The van der Waals surface area contributed by atoms with Crippen LogP contribution in [0.15, 0.2) is 11.6 Å². The van der Waals surface area contributed by atoms with Crippen LogP contribution in [0.4, 0.5) is 0 Å². The third kappa shape index (κ3) is 3.87. The minimum atomic E-state index is -0.426. The van der Waals surface area contributed by atoms with Gasteiger partial charge in [-0.25, -0.2) is 5.84 Å². The molecule has 0 heterocycles. The standard InChI is InChI=1S/C28H48N2O2/c1-17(2)7-6-8-18(3)22-11-12-23-21-10-9-19-15-20(31)16-25(26(32)30-29)28(19,5)24(21)13-14-27(22,23)4/h9,17-18,20-25,31H,6-8,10-16,29H2,1-5H3,(H,30,32)/t18-,20-,21+,22-,23+,24+,25?,27-,28+/m1/s1. The van der Waals surface area contributed by atoms with Gasteiger partial charge in [0, 0.05) is 5.41 Å². The Morgan fingerprint density at radius 1 is 1.19 bits per heavy atom. The van der Waals surface area contributed by atoms with E-state index in [9.17, 15) is 9.90 Å². The molecule has 4 N–H and O–H groups in total. The number of hydrazine groups is 1. The number of allylic oxidation sites excluding steroid dienone is 1. The second-order valence-corrected chi connectivity index (χ2v) is 12.8. The number of aliphatic hydroxyl groups excluding tert-OH is 1. The highest BCUT2D eigenvalue weighted by molar-refractivity contribution is 5.80. The van der Waals surface area contributed by atoms with Crippen LogP contribution in [0.25, 0.3) is 0 Å². The van der Waals surface area contributed by atoms with E-state index >= 15 is 0 Å². The molecule has 4 rings (SSSR count). The zero-order valence-corrected chi connectivity index (χ0v) is 21.2. The molecule has 9 atom stereocenters. The Labute approximate surface area is 196 Å². The number of nitrogens with one attached hydrogen (secondary N) is 1. The van der Waals surface area contributed by atoms with E-state index in [1.807, 2.05) is 0 Å². The second-order valence-electron chi connectivity index (χ2n) is 12.8. The summed E-state index contributed by atoms with van der Waals surface area (Å²) in [7, 11) is 0. The number of aliphatic hydroxyl groups is 1. The minimum absolute atomic E-state index is 0.0887. The Balaban J connectivity index is 1.56. The van der Waals surface area contributed by atoms with Crippen molar-refractivity contribution < 1.29 is 9.90 Å². The van der Waals surface area contributed by atoms with Crippen LogP contribution in [-0.4, -0.2) is 17.1 Å². The predicted molar refractivity (Wildman–Crippen MR) is 130 cm³/mol. The highest BCUT2D eigenvalue weighted by Gasteiger charge is 2.61. The molecule has 0 saturated heterocycles. The first kappa shape index (κ1) is 24.3. The van der Waals surface area contributed by atoms with Gasteiger partial charge < -0.3 is 5.11 Å². The van der Waals surface area contributed by atoms with Crippen LogP contribution >= 0.6 is 0 Å². The Morgan fingerprint density at radius 2 is 1.94 bits per heavy atom. The number of carbonyl (C=O) groups excluding carboxylic acids is 1. The van der Waals surface area contributed by atoms with Crippen LogP contribution in [0.2, 0.25) is 0 Å². The lowest BCUT2D eigenvalue weighted by Crippen LogP contribution is -2.57. The first-order valence-corrected chi connectivity index (χ1v) is 13.5. The van der Waals surface area contributed by atoms with Crippen LogP contribution in [0.1, 0.15) is 98.8 Å². The highest BCUT2D eigenvalue weighted by Crippen LogP contribution is 2.68. The maximum absolute atomic E-state index is 12.9. The molecule has 0 aromatic carbocycles. The summed E-state index contributed by atoms with van der Waals surface area (Å²) in [6.45, 7) is 12.1. The van der Waals surface area contributed by atoms with Gasteiger partial charge in [0.15, 0.2) is 0 Å². The van der Waals surface area contributed by atoms with Crippen molar-refractivity contribution in [2.24, 2.45) is 58.1 Å². The summed E-state index contributed by atoms with van der Waals surface area (Å²) >= 11 is 0. The lowest BCUT2D eigenvalue weighted by Gasteiger charge is -2.60. The Kier molecular flexibility index (Phi) is 6.87. The van der Waals surface area contributed by atoms with Gasteiger partial charge in [-0.15, -0.1) is 0 Å². The quantitative estimate of drug-likeness (QED) is 0.216. The predicted octanol–water partition coefficient (Wildman–Crippen LogP) is 5.60. The molecule has 4 aliphatic carbocycles. The molecule has 1 unspecified atom stereocenters. The first-order valence-electron chi connectivity index (χ1n) is 13.5. The van der Waals surface area contributed by atoms with Gasteiger partial charge in [-0.2, -0.15) is 0 Å². The van der Waals surface area contributed by atoms with Gasteiger partial charge >= 0.3 is 0 Å². The van der Waals surface area contributed by atoms with Gasteiger partial charge in [-0.1, -0.05) is 65.5 Å². The van der Waals surface area contributed by atoms with E-state index in [1.165, 1.54) is 50.5 Å². The lowest BCUT2D eigenvalue weighted by atomic mass is 9.44. The number of fused-ring (bicyclic) bond motifs is 5. The van der Waals surface area contributed by atoms with E-state index in [1.54, 1.807) is 0 Å². The van der Waals surface area contributed by atoms with Crippen LogP contribution in [0, 0.1) is 52.3 Å². The van der Waals surface area contributed by atoms with Crippen molar-refractivity contribution in [2.75, 3.05) is 0 Å². The molecular weight excluding hydrogens is 396 g/mol. The number of rotatable bonds is 6. The minimum Gasteiger partial charge on any atom is -0.393 e. The summed E-state index contributed by atoms with van der Waals surface area (Å²) in [6, 6.07) is 0. The molecule has 4 aliphatic rings. The van der Waals surface area contributed by atoms with Crippen molar-refractivity contribution in [2.45, 2.75) is 105 Å². The fourth-order valence-corrected chi connectivity index (χ4v) is 9.24. The van der Waals surface area contributed by atoms with Crippen molar-refractivity contribution in [1.29, 1.82) is 0 Å². The molecule has 182 valence electrons. The highest BCUT2D eigenvalue weighted by atomic mass is 16.3. The van der Waals surface area contributed by atoms with Crippen LogP contribution in [-0.2, 0) is 4.79 Å². The molecule has 0 aliphatic heterocycles. The lowest BCUT2D eigenvalue weighted by molar-refractivity contribution is -0.138.